The molecule has 0 saturated heterocycles. The first-order chi connectivity index (χ1) is 16.5. The Morgan fingerprint density at radius 3 is 2.59 bits per heavy atom. The number of benzene rings is 3. The van der Waals surface area contributed by atoms with Crippen molar-refractivity contribution >= 4 is 16.9 Å². The van der Waals surface area contributed by atoms with Crippen LogP contribution in [0, 0.1) is 0 Å². The van der Waals surface area contributed by atoms with Crippen molar-refractivity contribution in [1.82, 2.24) is 9.78 Å². The van der Waals surface area contributed by atoms with E-state index in [2.05, 4.69) is 44.2 Å². The maximum Gasteiger partial charge on any atom is 0.310 e. The summed E-state index contributed by atoms with van der Waals surface area (Å²) in [5.41, 5.74) is 11.9. The van der Waals surface area contributed by atoms with E-state index >= 15 is 0 Å². The number of hydrogen-bond donors (Lipinski definition) is 1. The highest BCUT2D eigenvalue weighted by Gasteiger charge is 2.16. The van der Waals surface area contributed by atoms with Crippen LogP contribution in [0.1, 0.15) is 43.6 Å². The van der Waals surface area contributed by atoms with E-state index < -0.39 is 0 Å². The quantitative estimate of drug-likeness (QED) is 0.339. The Morgan fingerprint density at radius 1 is 1.03 bits per heavy atom. The van der Waals surface area contributed by atoms with E-state index in [0.717, 1.165) is 38.9 Å². The molecule has 0 fully saturated rings. The van der Waals surface area contributed by atoms with Gasteiger partial charge in [0.05, 0.1) is 18.5 Å². The van der Waals surface area contributed by atoms with Gasteiger partial charge in [-0.1, -0.05) is 42.5 Å². The maximum atomic E-state index is 12.0. The molecular weight excluding hydrogens is 426 g/mol. The van der Waals surface area contributed by atoms with Crippen molar-refractivity contribution in [2.75, 3.05) is 6.61 Å². The first kappa shape index (κ1) is 23.5. The largest absolute Gasteiger partial charge is 0.487 e. The zero-order valence-corrected chi connectivity index (χ0v) is 20.0. The van der Waals surface area contributed by atoms with Gasteiger partial charge in [-0.2, -0.15) is 5.10 Å². The summed E-state index contributed by atoms with van der Waals surface area (Å²) < 4.78 is 13.3. The van der Waals surface area contributed by atoms with Crippen LogP contribution in [-0.2, 0) is 29.1 Å². The molecule has 0 atom stereocenters. The summed E-state index contributed by atoms with van der Waals surface area (Å²) in [5.74, 6) is 0.395. The lowest BCUT2D eigenvalue weighted by atomic mass is 10.0. The lowest BCUT2D eigenvalue weighted by Gasteiger charge is -2.10. The Kier molecular flexibility index (Phi) is 7.28. The van der Waals surface area contributed by atoms with Crippen molar-refractivity contribution in [3.05, 3.63) is 83.6 Å². The first-order valence-electron chi connectivity index (χ1n) is 11.7. The molecule has 4 rings (SSSR count). The van der Waals surface area contributed by atoms with Crippen LogP contribution in [0.5, 0.6) is 5.75 Å². The predicted octanol–water partition coefficient (Wildman–Crippen LogP) is 5.43. The number of hydrogen-bond acceptors (Lipinski definition) is 5. The highest BCUT2D eigenvalue weighted by molar-refractivity contribution is 5.87. The number of carbonyl (C=O) groups is 1. The van der Waals surface area contributed by atoms with Gasteiger partial charge in [-0.3, -0.25) is 9.48 Å². The summed E-state index contributed by atoms with van der Waals surface area (Å²) >= 11 is 0. The Balaban J connectivity index is 1.67. The van der Waals surface area contributed by atoms with Crippen molar-refractivity contribution in [2.24, 2.45) is 5.73 Å². The number of ether oxygens (including phenoxy) is 2. The van der Waals surface area contributed by atoms with Gasteiger partial charge < -0.3 is 15.2 Å². The molecule has 0 unspecified atom stereocenters. The number of carbonyl (C=O) groups excluding carboxylic acids is 1. The van der Waals surface area contributed by atoms with Gasteiger partial charge >= 0.3 is 5.97 Å². The summed E-state index contributed by atoms with van der Waals surface area (Å²) in [7, 11) is 0. The molecule has 0 amide bonds. The molecule has 0 bridgehead atoms. The summed E-state index contributed by atoms with van der Waals surface area (Å²) in [4.78, 5) is 12.0. The molecule has 1 heterocycles. The number of esters is 1. The van der Waals surface area contributed by atoms with Gasteiger partial charge in [0, 0.05) is 23.5 Å². The molecule has 0 saturated carbocycles. The van der Waals surface area contributed by atoms with Gasteiger partial charge in [0.2, 0.25) is 0 Å². The molecule has 0 radical (unpaired) electrons. The number of para-hydroxylation sites is 1. The van der Waals surface area contributed by atoms with Crippen molar-refractivity contribution < 1.29 is 14.3 Å². The van der Waals surface area contributed by atoms with E-state index in [0.29, 0.717) is 25.5 Å². The SMILES string of the molecule is CCOC(=O)Cc1ccccc1OCc1nn(C(C)C)c2ccc(-c3cccc(CN)c3)cc12. The molecule has 1 aromatic heterocycles. The Bertz CT molecular complexity index is 1290. The molecule has 2 N–H and O–H groups in total. The lowest BCUT2D eigenvalue weighted by molar-refractivity contribution is -0.142. The molecule has 0 aliphatic rings. The number of aromatic nitrogens is 2. The molecule has 0 aliphatic carbocycles. The predicted molar refractivity (Wildman–Crippen MR) is 135 cm³/mol. The number of rotatable bonds is 9. The zero-order chi connectivity index (χ0) is 24.1. The van der Waals surface area contributed by atoms with Crippen molar-refractivity contribution in [3.8, 4) is 16.9 Å². The van der Waals surface area contributed by atoms with Crippen LogP contribution >= 0.6 is 0 Å². The first-order valence-corrected chi connectivity index (χ1v) is 11.7. The number of nitrogens with zero attached hydrogens (tertiary/aromatic N) is 2. The third-order valence-electron chi connectivity index (χ3n) is 5.74. The van der Waals surface area contributed by atoms with Gasteiger partial charge in [-0.15, -0.1) is 0 Å². The fourth-order valence-electron chi connectivity index (χ4n) is 4.07. The van der Waals surface area contributed by atoms with Gasteiger partial charge in [0.15, 0.2) is 0 Å². The van der Waals surface area contributed by atoms with E-state index in [1.165, 1.54) is 0 Å². The molecule has 4 aromatic rings. The Labute approximate surface area is 200 Å². The summed E-state index contributed by atoms with van der Waals surface area (Å²) in [6.45, 7) is 7.19. The molecule has 0 aliphatic heterocycles. The van der Waals surface area contributed by atoms with E-state index in [9.17, 15) is 4.79 Å². The van der Waals surface area contributed by atoms with Crippen LogP contribution in [0.3, 0.4) is 0 Å². The van der Waals surface area contributed by atoms with Gasteiger partial charge in [-0.05, 0) is 61.7 Å². The third-order valence-corrected chi connectivity index (χ3v) is 5.74. The normalized spacial score (nSPS) is 11.2. The maximum absolute atomic E-state index is 12.0. The minimum Gasteiger partial charge on any atom is -0.487 e. The lowest BCUT2D eigenvalue weighted by Crippen LogP contribution is -2.09. The monoisotopic (exact) mass is 457 g/mol. The second-order valence-electron chi connectivity index (χ2n) is 8.50. The van der Waals surface area contributed by atoms with E-state index in [4.69, 9.17) is 20.3 Å². The standard InChI is InChI=1S/C28H31N3O3/c1-4-33-28(32)16-23-9-5-6-11-27(23)34-18-25-24-15-22(21-10-7-8-20(14-21)17-29)12-13-26(24)31(30-25)19(2)3/h5-15,19H,4,16-18,29H2,1-3H3. The minimum atomic E-state index is -0.266. The smallest absolute Gasteiger partial charge is 0.310 e. The average Bonchev–Trinajstić information content (AvgIpc) is 3.22. The minimum absolute atomic E-state index is 0.173. The highest BCUT2D eigenvalue weighted by Crippen LogP contribution is 2.30. The third kappa shape index (κ3) is 5.13. The summed E-state index contributed by atoms with van der Waals surface area (Å²) in [6, 6.07) is 22.4. The molecule has 6 nitrogen and oxygen atoms in total. The highest BCUT2D eigenvalue weighted by atomic mass is 16.5. The fourth-order valence-corrected chi connectivity index (χ4v) is 4.07. The second kappa shape index (κ2) is 10.5. The molecule has 0 spiro atoms. The molecule has 6 heteroatoms. The van der Waals surface area contributed by atoms with Gasteiger partial charge in [0.25, 0.3) is 0 Å². The van der Waals surface area contributed by atoms with E-state index in [-0.39, 0.29) is 18.4 Å². The Hall–Kier alpha value is -3.64. The molecule has 3 aromatic carbocycles. The number of fused-ring (bicyclic) bond motifs is 1. The zero-order valence-electron chi connectivity index (χ0n) is 20.0. The van der Waals surface area contributed by atoms with Crippen molar-refractivity contribution in [3.63, 3.8) is 0 Å². The van der Waals surface area contributed by atoms with Crippen LogP contribution < -0.4 is 10.5 Å². The molecular formula is C28H31N3O3. The van der Waals surface area contributed by atoms with Crippen LogP contribution in [-0.4, -0.2) is 22.4 Å². The van der Waals surface area contributed by atoms with Crippen molar-refractivity contribution in [2.45, 2.75) is 46.4 Å². The topological polar surface area (TPSA) is 79.4 Å². The fraction of sp³-hybridized carbons (Fsp3) is 0.286. The average molecular weight is 458 g/mol. The summed E-state index contributed by atoms with van der Waals surface area (Å²) in [5, 5.41) is 5.92. The number of nitrogens with two attached hydrogens (primary N) is 1. The molecule has 34 heavy (non-hydrogen) atoms. The van der Waals surface area contributed by atoms with Crippen LogP contribution in [0.25, 0.3) is 22.0 Å². The van der Waals surface area contributed by atoms with Crippen molar-refractivity contribution in [1.29, 1.82) is 0 Å². The van der Waals surface area contributed by atoms with Gasteiger partial charge in [-0.25, -0.2) is 0 Å². The van der Waals surface area contributed by atoms with Crippen LogP contribution in [0.15, 0.2) is 66.7 Å². The summed E-state index contributed by atoms with van der Waals surface area (Å²) in [6.07, 6.45) is 0.173. The second-order valence-corrected chi connectivity index (χ2v) is 8.50. The van der Waals surface area contributed by atoms with Crippen LogP contribution in [0.4, 0.5) is 0 Å². The van der Waals surface area contributed by atoms with E-state index in [1.54, 1.807) is 6.92 Å². The Morgan fingerprint density at radius 2 is 1.82 bits per heavy atom. The van der Waals surface area contributed by atoms with Crippen LogP contribution in [0.2, 0.25) is 0 Å². The van der Waals surface area contributed by atoms with E-state index in [1.807, 2.05) is 41.1 Å². The van der Waals surface area contributed by atoms with Gasteiger partial charge in [0.1, 0.15) is 18.1 Å². The molecule has 176 valence electrons.